The van der Waals surface area contributed by atoms with Crippen LogP contribution in [-0.4, -0.2) is 26.4 Å². The topological polar surface area (TPSA) is 44.8 Å². The fourth-order valence-electron chi connectivity index (χ4n) is 3.55. The Labute approximate surface area is 150 Å². The first kappa shape index (κ1) is 14.8. The van der Waals surface area contributed by atoms with E-state index in [0.29, 0.717) is 0 Å². The molecule has 0 saturated carbocycles. The van der Waals surface area contributed by atoms with E-state index in [1.165, 1.54) is 27.7 Å². The Morgan fingerprint density at radius 1 is 1.16 bits per heavy atom. The molecule has 0 unspecified atom stereocenters. The maximum atomic E-state index is 4.85. The zero-order valence-corrected chi connectivity index (χ0v) is 14.6. The Hall–Kier alpha value is -2.50. The van der Waals surface area contributed by atoms with E-state index < -0.39 is 0 Å². The molecule has 4 heterocycles. The quantitative estimate of drug-likeness (QED) is 0.603. The first-order valence-electron chi connectivity index (χ1n) is 8.53. The molecule has 0 bridgehead atoms. The van der Waals surface area contributed by atoms with E-state index in [1.807, 2.05) is 18.5 Å². The highest BCUT2D eigenvalue weighted by Crippen LogP contribution is 2.26. The monoisotopic (exact) mass is 346 g/mol. The van der Waals surface area contributed by atoms with Crippen LogP contribution < -0.4 is 0 Å². The molecule has 5 heteroatoms. The van der Waals surface area contributed by atoms with Crippen molar-refractivity contribution in [3.05, 3.63) is 71.0 Å². The minimum atomic E-state index is 0.850. The van der Waals surface area contributed by atoms with Gasteiger partial charge in [-0.15, -0.1) is 11.3 Å². The average molecular weight is 346 g/mol. The van der Waals surface area contributed by atoms with Gasteiger partial charge in [0.1, 0.15) is 0 Å². The zero-order chi connectivity index (χ0) is 16.6. The number of benzene rings is 1. The summed E-state index contributed by atoms with van der Waals surface area (Å²) in [6.07, 6.45) is 5.05. The number of nitrogens with zero attached hydrogens (tertiary/aromatic N) is 3. The number of fused-ring (bicyclic) bond motifs is 2. The molecule has 0 radical (unpaired) electrons. The van der Waals surface area contributed by atoms with Gasteiger partial charge in [0.05, 0.1) is 10.6 Å². The van der Waals surface area contributed by atoms with Crippen LogP contribution in [0.2, 0.25) is 0 Å². The van der Waals surface area contributed by atoms with Crippen molar-refractivity contribution < 1.29 is 0 Å². The smallest absolute Gasteiger partial charge is 0.169 e. The van der Waals surface area contributed by atoms with Crippen molar-refractivity contribution in [1.29, 1.82) is 0 Å². The normalized spacial score (nSPS) is 14.7. The Bertz CT molecular complexity index is 1020. The van der Waals surface area contributed by atoms with Crippen molar-refractivity contribution in [3.63, 3.8) is 0 Å². The SMILES string of the molecule is c1csc(-c2ncc3c(n2)CN(Cc2cccc4[nH]ccc24)CC3)c1. The highest BCUT2D eigenvalue weighted by atomic mass is 32.1. The number of aromatic nitrogens is 3. The van der Waals surface area contributed by atoms with Crippen LogP contribution in [0.3, 0.4) is 0 Å². The minimum absolute atomic E-state index is 0.850. The second-order valence-electron chi connectivity index (χ2n) is 6.46. The average Bonchev–Trinajstić information content (AvgIpc) is 3.33. The van der Waals surface area contributed by atoms with Gasteiger partial charge in [-0.2, -0.15) is 0 Å². The Morgan fingerprint density at radius 2 is 2.16 bits per heavy atom. The zero-order valence-electron chi connectivity index (χ0n) is 13.8. The number of thiophene rings is 1. The molecule has 0 atom stereocenters. The number of aromatic amines is 1. The van der Waals surface area contributed by atoms with E-state index in [4.69, 9.17) is 4.98 Å². The van der Waals surface area contributed by atoms with Crippen molar-refractivity contribution in [3.8, 4) is 10.7 Å². The lowest BCUT2D eigenvalue weighted by atomic mass is 10.0. The fourth-order valence-corrected chi connectivity index (χ4v) is 4.21. The van der Waals surface area contributed by atoms with Gasteiger partial charge in [-0.05, 0) is 41.1 Å². The third-order valence-corrected chi connectivity index (χ3v) is 5.71. The Balaban J connectivity index is 1.42. The van der Waals surface area contributed by atoms with Crippen LogP contribution in [0, 0.1) is 0 Å². The molecule has 4 aromatic rings. The number of rotatable bonds is 3. The van der Waals surface area contributed by atoms with E-state index in [9.17, 15) is 0 Å². The standard InChI is InChI=1S/C20H18N4S/c1-3-15(16-6-8-21-17(16)4-1)12-24-9-7-14-11-22-20(23-18(14)13-24)19-5-2-10-25-19/h1-6,8,10-11,21H,7,9,12-13H2. The van der Waals surface area contributed by atoms with E-state index in [1.54, 1.807) is 11.3 Å². The van der Waals surface area contributed by atoms with E-state index in [0.717, 1.165) is 36.8 Å². The van der Waals surface area contributed by atoms with E-state index >= 15 is 0 Å². The summed E-state index contributed by atoms with van der Waals surface area (Å²) in [6, 6.07) is 12.8. The van der Waals surface area contributed by atoms with Crippen LogP contribution >= 0.6 is 11.3 Å². The molecule has 0 saturated heterocycles. The molecule has 1 aliphatic rings. The van der Waals surface area contributed by atoms with Crippen molar-refractivity contribution in [2.24, 2.45) is 0 Å². The summed E-state index contributed by atoms with van der Waals surface area (Å²) in [5, 5.41) is 3.39. The second kappa shape index (κ2) is 6.10. The lowest BCUT2D eigenvalue weighted by molar-refractivity contribution is 0.242. The molecule has 0 aliphatic carbocycles. The van der Waals surface area contributed by atoms with Crippen LogP contribution in [0.1, 0.15) is 16.8 Å². The molecule has 1 N–H and O–H groups in total. The molecule has 1 aliphatic heterocycles. The molecule has 5 rings (SSSR count). The van der Waals surface area contributed by atoms with Gasteiger partial charge in [0.15, 0.2) is 5.82 Å². The van der Waals surface area contributed by atoms with Crippen LogP contribution in [0.25, 0.3) is 21.6 Å². The van der Waals surface area contributed by atoms with Crippen molar-refractivity contribution in [2.75, 3.05) is 6.54 Å². The van der Waals surface area contributed by atoms with Gasteiger partial charge < -0.3 is 4.98 Å². The lowest BCUT2D eigenvalue weighted by Crippen LogP contribution is -2.31. The van der Waals surface area contributed by atoms with E-state index in [2.05, 4.69) is 50.6 Å². The molecular weight excluding hydrogens is 328 g/mol. The van der Waals surface area contributed by atoms with Gasteiger partial charge in [-0.3, -0.25) is 4.90 Å². The molecule has 0 spiro atoms. The molecule has 0 fully saturated rings. The third-order valence-electron chi connectivity index (χ3n) is 4.85. The van der Waals surface area contributed by atoms with Gasteiger partial charge in [0, 0.05) is 42.9 Å². The minimum Gasteiger partial charge on any atom is -0.361 e. The predicted molar refractivity (Wildman–Crippen MR) is 101 cm³/mol. The van der Waals surface area contributed by atoms with Crippen molar-refractivity contribution in [1.82, 2.24) is 19.9 Å². The number of H-pyrrole nitrogens is 1. The van der Waals surface area contributed by atoms with Gasteiger partial charge in [0.25, 0.3) is 0 Å². The van der Waals surface area contributed by atoms with Gasteiger partial charge >= 0.3 is 0 Å². The lowest BCUT2D eigenvalue weighted by Gasteiger charge is -2.28. The van der Waals surface area contributed by atoms with Crippen LogP contribution in [-0.2, 0) is 19.5 Å². The maximum Gasteiger partial charge on any atom is 0.169 e. The van der Waals surface area contributed by atoms with Crippen LogP contribution in [0.15, 0.2) is 54.2 Å². The largest absolute Gasteiger partial charge is 0.361 e. The molecule has 1 aromatic carbocycles. The van der Waals surface area contributed by atoms with Crippen molar-refractivity contribution >= 4 is 22.2 Å². The second-order valence-corrected chi connectivity index (χ2v) is 7.41. The summed E-state index contributed by atoms with van der Waals surface area (Å²) in [4.78, 5) is 16.3. The number of hydrogen-bond donors (Lipinski definition) is 1. The van der Waals surface area contributed by atoms with Gasteiger partial charge in [-0.25, -0.2) is 9.97 Å². The molecular formula is C20H18N4S. The Morgan fingerprint density at radius 3 is 3.08 bits per heavy atom. The molecule has 4 nitrogen and oxygen atoms in total. The highest BCUT2D eigenvalue weighted by Gasteiger charge is 2.19. The first-order valence-corrected chi connectivity index (χ1v) is 9.41. The van der Waals surface area contributed by atoms with E-state index in [-0.39, 0.29) is 0 Å². The third kappa shape index (κ3) is 2.75. The summed E-state index contributed by atoms with van der Waals surface area (Å²) in [5.74, 6) is 0.850. The molecule has 0 amide bonds. The number of nitrogens with one attached hydrogen (secondary N) is 1. The maximum absolute atomic E-state index is 4.85. The van der Waals surface area contributed by atoms with Gasteiger partial charge in [0.2, 0.25) is 0 Å². The summed E-state index contributed by atoms with van der Waals surface area (Å²) < 4.78 is 0. The van der Waals surface area contributed by atoms with Crippen LogP contribution in [0.5, 0.6) is 0 Å². The molecule has 3 aromatic heterocycles. The highest BCUT2D eigenvalue weighted by molar-refractivity contribution is 7.13. The predicted octanol–water partition coefficient (Wildman–Crippen LogP) is 4.24. The van der Waals surface area contributed by atoms with Crippen molar-refractivity contribution in [2.45, 2.75) is 19.5 Å². The van der Waals surface area contributed by atoms with Gasteiger partial charge in [-0.1, -0.05) is 18.2 Å². The summed E-state index contributed by atoms with van der Waals surface area (Å²) in [6.45, 7) is 2.89. The Kier molecular flexibility index (Phi) is 3.61. The summed E-state index contributed by atoms with van der Waals surface area (Å²) in [7, 11) is 0. The summed E-state index contributed by atoms with van der Waals surface area (Å²) >= 11 is 1.69. The number of hydrogen-bond acceptors (Lipinski definition) is 4. The fraction of sp³-hybridized carbons (Fsp3) is 0.200. The summed E-state index contributed by atoms with van der Waals surface area (Å²) in [5.41, 5.74) is 5.04. The first-order chi connectivity index (χ1) is 12.4. The molecule has 124 valence electrons. The molecule has 25 heavy (non-hydrogen) atoms. The van der Waals surface area contributed by atoms with Crippen LogP contribution in [0.4, 0.5) is 0 Å².